The molecule has 0 aliphatic heterocycles. The molecule has 1 atom stereocenters. The van der Waals surface area contributed by atoms with Crippen LogP contribution >= 0.6 is 0 Å². The second-order valence-corrected chi connectivity index (χ2v) is 2.91. The van der Waals surface area contributed by atoms with Crippen LogP contribution in [0.5, 0.6) is 5.75 Å². The Hall–Kier alpha value is -2.22. The van der Waals surface area contributed by atoms with Gasteiger partial charge in [0.2, 0.25) is 0 Å². The molecule has 0 aromatic heterocycles. The molecule has 0 spiro atoms. The average molecular weight is 206 g/mol. The number of hydrogen-bond donors (Lipinski definition) is 2. The molecule has 78 valence electrons. The molecule has 1 unspecified atom stereocenters. The summed E-state index contributed by atoms with van der Waals surface area (Å²) < 4.78 is 5.14. The number of nitriles is 1. The maximum atomic E-state index is 10.7. The van der Waals surface area contributed by atoms with E-state index in [-0.39, 0.29) is 17.0 Å². The Kier molecular flexibility index (Phi) is 3.13. The molecule has 1 rings (SSSR count). The summed E-state index contributed by atoms with van der Waals surface area (Å²) in [5.74, 6) is -0.911. The normalized spacial score (nSPS) is 11.5. The van der Waals surface area contributed by atoms with Crippen molar-refractivity contribution in [3.05, 3.63) is 23.8 Å². The lowest BCUT2D eigenvalue weighted by Gasteiger charge is -2.11. The summed E-state index contributed by atoms with van der Waals surface area (Å²) in [7, 11) is 0. The highest BCUT2D eigenvalue weighted by Crippen LogP contribution is 2.25. The predicted molar refractivity (Wildman–Crippen MR) is 53.5 cm³/mol. The van der Waals surface area contributed by atoms with Crippen LogP contribution in [0.3, 0.4) is 0 Å². The Balaban J connectivity index is 3.06. The first-order valence-electron chi connectivity index (χ1n) is 4.24. The van der Waals surface area contributed by atoms with Gasteiger partial charge in [-0.3, -0.25) is 0 Å². The van der Waals surface area contributed by atoms with Crippen molar-refractivity contribution in [2.24, 2.45) is 0 Å². The van der Waals surface area contributed by atoms with E-state index in [9.17, 15) is 4.79 Å². The zero-order valence-corrected chi connectivity index (χ0v) is 8.10. The van der Waals surface area contributed by atoms with Crippen LogP contribution in [-0.4, -0.2) is 17.2 Å². The number of aromatic carboxylic acids is 1. The second kappa shape index (κ2) is 4.33. The van der Waals surface area contributed by atoms with Crippen LogP contribution in [0, 0.1) is 11.3 Å². The third-order valence-electron chi connectivity index (χ3n) is 1.78. The Bertz CT molecular complexity index is 423. The van der Waals surface area contributed by atoms with Crippen LogP contribution in [-0.2, 0) is 0 Å². The van der Waals surface area contributed by atoms with Crippen LogP contribution < -0.4 is 10.5 Å². The quantitative estimate of drug-likeness (QED) is 0.725. The number of ether oxygens (including phenoxy) is 1. The van der Waals surface area contributed by atoms with Crippen molar-refractivity contribution in [2.45, 2.75) is 13.0 Å². The molecule has 1 aromatic carbocycles. The van der Waals surface area contributed by atoms with Gasteiger partial charge in [-0.1, -0.05) is 6.07 Å². The van der Waals surface area contributed by atoms with Crippen molar-refractivity contribution in [1.82, 2.24) is 0 Å². The highest BCUT2D eigenvalue weighted by Gasteiger charge is 2.13. The minimum Gasteiger partial charge on any atom is -0.478 e. The first-order valence-corrected chi connectivity index (χ1v) is 4.24. The van der Waals surface area contributed by atoms with Gasteiger partial charge in [-0.25, -0.2) is 4.79 Å². The van der Waals surface area contributed by atoms with E-state index in [0.717, 1.165) is 0 Å². The van der Waals surface area contributed by atoms with Crippen LogP contribution in [0.25, 0.3) is 0 Å². The Morgan fingerprint density at radius 2 is 2.33 bits per heavy atom. The van der Waals surface area contributed by atoms with Crippen molar-refractivity contribution in [3.63, 3.8) is 0 Å². The highest BCUT2D eigenvalue weighted by atomic mass is 16.5. The van der Waals surface area contributed by atoms with E-state index in [1.54, 1.807) is 6.92 Å². The van der Waals surface area contributed by atoms with Gasteiger partial charge in [0.05, 0.1) is 11.3 Å². The van der Waals surface area contributed by atoms with Crippen molar-refractivity contribution in [3.8, 4) is 11.8 Å². The molecule has 0 bridgehead atoms. The number of carboxylic acid groups (broad SMARTS) is 1. The summed E-state index contributed by atoms with van der Waals surface area (Å²) in [5, 5.41) is 17.3. The third-order valence-corrected chi connectivity index (χ3v) is 1.78. The van der Waals surface area contributed by atoms with Crippen LogP contribution in [0.1, 0.15) is 17.3 Å². The van der Waals surface area contributed by atoms with E-state index in [1.807, 2.05) is 6.07 Å². The zero-order valence-electron chi connectivity index (χ0n) is 8.10. The number of carboxylic acids is 1. The van der Waals surface area contributed by atoms with Gasteiger partial charge in [-0.2, -0.15) is 5.26 Å². The fourth-order valence-corrected chi connectivity index (χ4v) is 1.05. The molecule has 0 heterocycles. The van der Waals surface area contributed by atoms with E-state index >= 15 is 0 Å². The van der Waals surface area contributed by atoms with Crippen molar-refractivity contribution in [2.75, 3.05) is 5.73 Å². The fraction of sp³-hybridized carbons (Fsp3) is 0.200. The molecule has 3 N–H and O–H groups in total. The van der Waals surface area contributed by atoms with Gasteiger partial charge in [0, 0.05) is 0 Å². The van der Waals surface area contributed by atoms with Gasteiger partial charge in [-0.05, 0) is 19.1 Å². The lowest BCUT2D eigenvalue weighted by Crippen LogP contribution is -2.11. The minimum absolute atomic E-state index is 0.0300. The third kappa shape index (κ3) is 2.38. The van der Waals surface area contributed by atoms with E-state index in [0.29, 0.717) is 0 Å². The number of rotatable bonds is 3. The Labute approximate surface area is 86.7 Å². The monoisotopic (exact) mass is 206 g/mol. The van der Waals surface area contributed by atoms with Gasteiger partial charge >= 0.3 is 5.97 Å². The van der Waals surface area contributed by atoms with Crippen LogP contribution in [0.15, 0.2) is 18.2 Å². The maximum absolute atomic E-state index is 10.7. The van der Waals surface area contributed by atoms with Crippen molar-refractivity contribution in [1.29, 1.82) is 5.26 Å². The summed E-state index contributed by atoms with van der Waals surface area (Å²) in [6.45, 7) is 1.55. The zero-order chi connectivity index (χ0) is 11.4. The minimum atomic E-state index is -1.12. The van der Waals surface area contributed by atoms with Crippen molar-refractivity contribution < 1.29 is 14.6 Å². The smallest absolute Gasteiger partial charge is 0.337 e. The molecular weight excluding hydrogens is 196 g/mol. The first kappa shape index (κ1) is 10.9. The predicted octanol–water partition coefficient (Wildman–Crippen LogP) is 1.26. The highest BCUT2D eigenvalue weighted by molar-refractivity contribution is 5.95. The molecule has 0 saturated carbocycles. The molecule has 0 amide bonds. The standard InChI is InChI=1S/C10H10N2O3/c1-6(5-11)15-8-4-2-3-7(9(8)12)10(13)14/h2-4,6H,12H2,1H3,(H,13,14). The van der Waals surface area contributed by atoms with Crippen molar-refractivity contribution >= 4 is 11.7 Å². The molecule has 5 nitrogen and oxygen atoms in total. The maximum Gasteiger partial charge on any atom is 0.337 e. The van der Waals surface area contributed by atoms with Crippen LogP contribution in [0.4, 0.5) is 5.69 Å². The molecule has 0 aliphatic rings. The summed E-state index contributed by atoms with van der Waals surface area (Å²) >= 11 is 0. The number of nitrogens with two attached hydrogens (primary N) is 1. The fourth-order valence-electron chi connectivity index (χ4n) is 1.05. The number of anilines is 1. The molecule has 0 aliphatic carbocycles. The number of para-hydroxylation sites is 1. The lowest BCUT2D eigenvalue weighted by molar-refractivity contribution is 0.0697. The number of nitrogen functional groups attached to an aromatic ring is 1. The molecule has 0 saturated heterocycles. The van der Waals surface area contributed by atoms with E-state index in [2.05, 4.69) is 0 Å². The average Bonchev–Trinajstić information content (AvgIpc) is 2.20. The second-order valence-electron chi connectivity index (χ2n) is 2.91. The molecular formula is C10H10N2O3. The SMILES string of the molecule is CC(C#N)Oc1cccc(C(=O)O)c1N. The lowest BCUT2D eigenvalue weighted by atomic mass is 10.1. The number of carbonyl (C=O) groups is 1. The molecule has 0 fully saturated rings. The summed E-state index contributed by atoms with van der Waals surface area (Å²) in [4.78, 5) is 10.7. The number of benzene rings is 1. The van der Waals surface area contributed by atoms with Crippen LogP contribution in [0.2, 0.25) is 0 Å². The summed E-state index contributed by atoms with van der Waals surface area (Å²) in [6.07, 6.45) is -0.670. The van der Waals surface area contributed by atoms with E-state index < -0.39 is 12.1 Å². The van der Waals surface area contributed by atoms with Gasteiger partial charge in [-0.15, -0.1) is 0 Å². The molecule has 5 heteroatoms. The summed E-state index contributed by atoms with van der Waals surface area (Å²) in [5.41, 5.74) is 5.58. The van der Waals surface area contributed by atoms with Gasteiger partial charge in [0.1, 0.15) is 11.8 Å². The molecule has 0 radical (unpaired) electrons. The molecule has 1 aromatic rings. The van der Waals surface area contributed by atoms with E-state index in [1.165, 1.54) is 18.2 Å². The van der Waals surface area contributed by atoms with E-state index in [4.69, 9.17) is 20.8 Å². The number of hydrogen-bond acceptors (Lipinski definition) is 4. The van der Waals surface area contributed by atoms with Gasteiger partial charge in [0.25, 0.3) is 0 Å². The van der Waals surface area contributed by atoms with Gasteiger partial charge < -0.3 is 15.6 Å². The van der Waals surface area contributed by atoms with Gasteiger partial charge in [0.15, 0.2) is 6.10 Å². The summed E-state index contributed by atoms with van der Waals surface area (Å²) in [6, 6.07) is 6.28. The topological polar surface area (TPSA) is 96.3 Å². The number of nitrogens with zero attached hydrogens (tertiary/aromatic N) is 1. The molecule has 15 heavy (non-hydrogen) atoms. The Morgan fingerprint density at radius 1 is 1.67 bits per heavy atom. The largest absolute Gasteiger partial charge is 0.478 e. The first-order chi connectivity index (χ1) is 7.06. The Morgan fingerprint density at radius 3 is 2.87 bits per heavy atom.